The van der Waals surface area contributed by atoms with Crippen molar-refractivity contribution in [3.05, 3.63) is 0 Å². The summed E-state index contributed by atoms with van der Waals surface area (Å²) in [7, 11) is -1.69. The van der Waals surface area contributed by atoms with Crippen molar-refractivity contribution >= 4 is 20.8 Å². The Morgan fingerprint density at radius 3 is 1.11 bits per heavy atom. The maximum Gasteiger partial charge on any atom is 0.425 e. The Hall–Kier alpha value is -0.340. The van der Waals surface area contributed by atoms with Crippen LogP contribution in [0.1, 0.15) is 0 Å². The molecule has 0 aliphatic heterocycles. The lowest BCUT2D eigenvalue weighted by Gasteiger charge is -2.13. The van der Waals surface area contributed by atoms with Gasteiger partial charge in [0.25, 0.3) is 0 Å². The summed E-state index contributed by atoms with van der Waals surface area (Å²) in [5.74, 6) is 0. The molecule has 0 aliphatic carbocycles. The molecule has 0 unspecified atom stereocenters. The molecule has 0 heterocycles. The maximum atomic E-state index is 9.51. The quantitative estimate of drug-likeness (QED) is 0.344. The Morgan fingerprint density at radius 2 is 1.00 bits per heavy atom. The largest absolute Gasteiger partial charge is 0.425 e. The van der Waals surface area contributed by atoms with Gasteiger partial charge in [-0.25, -0.2) is 0 Å². The van der Waals surface area contributed by atoms with Crippen molar-refractivity contribution < 1.29 is 34.6 Å². The maximum absolute atomic E-state index is 9.51. The highest BCUT2D eigenvalue weighted by Crippen LogP contribution is 1.92. The lowest BCUT2D eigenvalue weighted by Crippen LogP contribution is -2.25. The van der Waals surface area contributed by atoms with E-state index < -0.39 is 20.8 Å². The minimum atomic E-state index is -5.02. The van der Waals surface area contributed by atoms with Gasteiger partial charge in [-0.2, -0.15) is 16.8 Å². The molecule has 0 saturated carbocycles. The Bertz CT molecular complexity index is 361. The third-order valence-corrected chi connectivity index (χ3v) is 1.76. The molecule has 0 spiro atoms. The van der Waals surface area contributed by atoms with Gasteiger partial charge in [0.1, 0.15) is 0 Å². The molecule has 10 nitrogen and oxygen atoms in total. The molecule has 0 bridgehead atoms. The standard InChI is InChI=1S/C6H16N2.H2O8S2/c1-7(2)5-6-8(3)4;1-9(2,3)7-8-10(4,5)6/h5-6H2,1-4H3;(H,1,2,3)(H,4,5,6). The van der Waals surface area contributed by atoms with Crippen LogP contribution in [0.25, 0.3) is 0 Å². The SMILES string of the molecule is CN(C)CCN(C)C.O=S(=O)(O)OOS(=O)(=O)O. The van der Waals surface area contributed by atoms with Gasteiger partial charge in [-0.15, -0.1) is 0 Å². The van der Waals surface area contributed by atoms with Crippen LogP contribution >= 0.6 is 0 Å². The Kier molecular flexibility index (Phi) is 9.67. The molecule has 112 valence electrons. The fourth-order valence-corrected chi connectivity index (χ4v) is 1.03. The number of likely N-dealkylation sites (N-methyl/N-ethyl adjacent to an activating group) is 2. The lowest BCUT2D eigenvalue weighted by molar-refractivity contribution is -0.105. The van der Waals surface area contributed by atoms with Gasteiger partial charge in [-0.1, -0.05) is 8.67 Å². The predicted molar refractivity (Wildman–Crippen MR) is 62.4 cm³/mol. The number of rotatable bonds is 6. The average Bonchev–Trinajstić information content (AvgIpc) is 2.10. The van der Waals surface area contributed by atoms with Crippen molar-refractivity contribution in [2.24, 2.45) is 0 Å². The summed E-state index contributed by atoms with van der Waals surface area (Å²) in [4.78, 5) is 4.36. The van der Waals surface area contributed by atoms with E-state index in [0.717, 1.165) is 13.1 Å². The van der Waals surface area contributed by atoms with Crippen molar-refractivity contribution in [2.45, 2.75) is 0 Å². The zero-order valence-electron chi connectivity index (χ0n) is 10.5. The second-order valence-corrected chi connectivity index (χ2v) is 5.58. The molecule has 12 heteroatoms. The smallest absolute Gasteiger partial charge is 0.308 e. The van der Waals surface area contributed by atoms with Crippen molar-refractivity contribution in [1.82, 2.24) is 9.80 Å². The van der Waals surface area contributed by atoms with E-state index in [4.69, 9.17) is 9.11 Å². The van der Waals surface area contributed by atoms with Crippen LogP contribution in [0.15, 0.2) is 0 Å². The normalized spacial score (nSPS) is 12.4. The van der Waals surface area contributed by atoms with Gasteiger partial charge in [-0.05, 0) is 28.2 Å². The van der Waals surface area contributed by atoms with Gasteiger partial charge in [0.15, 0.2) is 0 Å². The fraction of sp³-hybridized carbons (Fsp3) is 1.00. The molecular formula is C6H18N2O8S2. The highest BCUT2D eigenvalue weighted by Gasteiger charge is 2.13. The summed E-state index contributed by atoms with van der Waals surface area (Å²) in [6.45, 7) is 2.29. The van der Waals surface area contributed by atoms with Crippen LogP contribution in [-0.4, -0.2) is 77.0 Å². The monoisotopic (exact) mass is 310 g/mol. The Balaban J connectivity index is 0. The van der Waals surface area contributed by atoms with E-state index in [1.165, 1.54) is 0 Å². The molecule has 0 amide bonds. The number of nitrogens with zero attached hydrogens (tertiary/aromatic N) is 2. The first kappa shape index (κ1) is 20.0. The Morgan fingerprint density at radius 1 is 0.778 bits per heavy atom. The van der Waals surface area contributed by atoms with Crippen LogP contribution in [0.2, 0.25) is 0 Å². The second-order valence-electron chi connectivity index (χ2n) is 3.60. The summed E-state index contributed by atoms with van der Waals surface area (Å²) < 4.78 is 58.9. The summed E-state index contributed by atoms with van der Waals surface area (Å²) >= 11 is 0. The topological polar surface area (TPSA) is 134 Å². The lowest BCUT2D eigenvalue weighted by atomic mass is 10.5. The van der Waals surface area contributed by atoms with Gasteiger partial charge in [0, 0.05) is 13.1 Å². The van der Waals surface area contributed by atoms with Crippen LogP contribution < -0.4 is 0 Å². The molecule has 2 N–H and O–H groups in total. The van der Waals surface area contributed by atoms with E-state index in [9.17, 15) is 16.8 Å². The number of hydrogen-bond donors (Lipinski definition) is 2. The van der Waals surface area contributed by atoms with Gasteiger partial charge >= 0.3 is 20.8 Å². The van der Waals surface area contributed by atoms with Crippen molar-refractivity contribution in [1.29, 1.82) is 0 Å². The van der Waals surface area contributed by atoms with Gasteiger partial charge in [-0.3, -0.25) is 9.11 Å². The number of hydrogen-bond acceptors (Lipinski definition) is 8. The van der Waals surface area contributed by atoms with E-state index in [0.29, 0.717) is 0 Å². The molecule has 0 saturated heterocycles. The Labute approximate surface area is 107 Å². The minimum Gasteiger partial charge on any atom is -0.308 e. The zero-order chi connectivity index (χ0) is 15.0. The molecule has 0 aliphatic rings. The predicted octanol–water partition coefficient (Wildman–Crippen LogP) is -1.35. The molecule has 18 heavy (non-hydrogen) atoms. The van der Waals surface area contributed by atoms with Gasteiger partial charge < -0.3 is 9.80 Å². The van der Waals surface area contributed by atoms with Crippen LogP contribution in [0, 0.1) is 0 Å². The van der Waals surface area contributed by atoms with Crippen LogP contribution in [0.4, 0.5) is 0 Å². The van der Waals surface area contributed by atoms with E-state index in [1.54, 1.807) is 0 Å². The van der Waals surface area contributed by atoms with Crippen LogP contribution in [-0.2, 0) is 29.5 Å². The first-order valence-electron chi connectivity index (χ1n) is 4.45. The van der Waals surface area contributed by atoms with Crippen molar-refractivity contribution in [3.63, 3.8) is 0 Å². The van der Waals surface area contributed by atoms with E-state index in [1.807, 2.05) is 0 Å². The van der Waals surface area contributed by atoms with E-state index in [2.05, 4.69) is 46.7 Å². The third kappa shape index (κ3) is 24.8. The summed E-state index contributed by atoms with van der Waals surface area (Å²) in [5, 5.41) is 0. The highest BCUT2D eigenvalue weighted by atomic mass is 32.3. The highest BCUT2D eigenvalue weighted by molar-refractivity contribution is 7.83. The molecule has 0 atom stereocenters. The molecular weight excluding hydrogens is 292 g/mol. The van der Waals surface area contributed by atoms with Crippen molar-refractivity contribution in [2.75, 3.05) is 41.3 Å². The summed E-state index contributed by atoms with van der Waals surface area (Å²) in [5.41, 5.74) is 0. The van der Waals surface area contributed by atoms with E-state index >= 15 is 0 Å². The first-order chi connectivity index (χ1) is 7.83. The molecule has 0 aromatic heterocycles. The fourth-order valence-electron chi connectivity index (χ4n) is 0.470. The molecule has 0 radical (unpaired) electrons. The summed E-state index contributed by atoms with van der Waals surface area (Å²) in [6, 6.07) is 0. The van der Waals surface area contributed by atoms with Gasteiger partial charge in [0.05, 0.1) is 0 Å². The van der Waals surface area contributed by atoms with Crippen LogP contribution in [0.5, 0.6) is 0 Å². The minimum absolute atomic E-state index is 1.15. The molecule has 0 aromatic carbocycles. The third-order valence-electron chi connectivity index (χ3n) is 1.19. The van der Waals surface area contributed by atoms with E-state index in [-0.39, 0.29) is 0 Å². The van der Waals surface area contributed by atoms with Gasteiger partial charge in [0.2, 0.25) is 0 Å². The molecule has 0 rings (SSSR count). The molecule has 0 aromatic rings. The summed E-state index contributed by atoms with van der Waals surface area (Å²) in [6.07, 6.45) is 0. The second kappa shape index (κ2) is 8.71. The average molecular weight is 310 g/mol. The molecule has 0 fully saturated rings. The van der Waals surface area contributed by atoms with Crippen molar-refractivity contribution in [3.8, 4) is 0 Å². The van der Waals surface area contributed by atoms with Crippen LogP contribution in [0.3, 0.4) is 0 Å². The first-order valence-corrected chi connectivity index (χ1v) is 7.18. The zero-order valence-corrected chi connectivity index (χ0v) is 12.1.